The molecule has 3 rings (SSSR count). The van der Waals surface area contributed by atoms with Crippen LogP contribution in [0.1, 0.15) is 57.8 Å². The van der Waals surface area contributed by atoms with E-state index >= 15 is 0 Å². The van der Waals surface area contributed by atoms with Crippen LogP contribution in [0.4, 0.5) is 0 Å². The lowest BCUT2D eigenvalue weighted by atomic mass is 9.94. The molecule has 3 aliphatic carbocycles. The summed E-state index contributed by atoms with van der Waals surface area (Å²) in [5.74, 6) is 5.34. The highest BCUT2D eigenvalue weighted by Gasteiger charge is 2.48. The van der Waals surface area contributed by atoms with Crippen molar-refractivity contribution in [3.63, 3.8) is 0 Å². The van der Waals surface area contributed by atoms with Crippen molar-refractivity contribution >= 4 is 0 Å². The minimum atomic E-state index is 1.09. The van der Waals surface area contributed by atoms with Gasteiger partial charge in [0.2, 0.25) is 0 Å². The molecule has 0 saturated heterocycles. The van der Waals surface area contributed by atoms with Gasteiger partial charge in [0, 0.05) is 0 Å². The van der Waals surface area contributed by atoms with E-state index in [4.69, 9.17) is 0 Å². The Morgan fingerprint density at radius 2 is 1.38 bits per heavy atom. The molecule has 13 heavy (non-hydrogen) atoms. The van der Waals surface area contributed by atoms with Gasteiger partial charge in [0.1, 0.15) is 0 Å². The molecule has 0 nitrogen and oxygen atoms in total. The van der Waals surface area contributed by atoms with Gasteiger partial charge < -0.3 is 0 Å². The molecule has 0 aliphatic heterocycles. The normalized spacial score (nSPS) is 37.4. The zero-order valence-electron chi connectivity index (χ0n) is 8.60. The van der Waals surface area contributed by atoms with Gasteiger partial charge in [-0.2, -0.15) is 0 Å². The van der Waals surface area contributed by atoms with E-state index in [0.29, 0.717) is 0 Å². The Morgan fingerprint density at radius 1 is 0.769 bits per heavy atom. The van der Waals surface area contributed by atoms with Crippen molar-refractivity contribution in [2.75, 3.05) is 0 Å². The summed E-state index contributed by atoms with van der Waals surface area (Å²) in [6.45, 7) is 0. The maximum Gasteiger partial charge on any atom is -0.0173 e. The van der Waals surface area contributed by atoms with E-state index in [1.165, 1.54) is 32.1 Å². The predicted molar refractivity (Wildman–Crippen MR) is 55.3 cm³/mol. The SMILES string of the molecule is C1CCC([C]2CC2C2CCCC2)C1. The molecule has 0 aromatic heterocycles. The van der Waals surface area contributed by atoms with Gasteiger partial charge in [-0.15, -0.1) is 0 Å². The molecule has 0 amide bonds. The number of hydrogen-bond donors (Lipinski definition) is 0. The van der Waals surface area contributed by atoms with E-state index in [1.54, 1.807) is 25.7 Å². The van der Waals surface area contributed by atoms with Crippen molar-refractivity contribution < 1.29 is 0 Å². The molecule has 0 aromatic carbocycles. The lowest BCUT2D eigenvalue weighted by molar-refractivity contribution is 0.460. The third-order valence-corrected chi connectivity index (χ3v) is 4.62. The van der Waals surface area contributed by atoms with Crippen molar-refractivity contribution in [1.29, 1.82) is 0 Å². The second-order valence-electron chi connectivity index (χ2n) is 5.41. The summed E-state index contributed by atoms with van der Waals surface area (Å²) in [5.41, 5.74) is 0. The largest absolute Gasteiger partial charge is 0.0530 e. The molecular formula is C13H21. The Hall–Kier alpha value is 0. The molecule has 0 heterocycles. The molecule has 0 heteroatoms. The molecule has 73 valence electrons. The van der Waals surface area contributed by atoms with Crippen LogP contribution >= 0.6 is 0 Å². The van der Waals surface area contributed by atoms with Gasteiger partial charge in [-0.25, -0.2) is 0 Å². The monoisotopic (exact) mass is 177 g/mol. The smallest absolute Gasteiger partial charge is 0.0173 e. The zero-order chi connectivity index (χ0) is 8.67. The van der Waals surface area contributed by atoms with Gasteiger partial charge in [0.25, 0.3) is 0 Å². The summed E-state index contributed by atoms with van der Waals surface area (Å²) in [6.07, 6.45) is 13.8. The van der Waals surface area contributed by atoms with E-state index in [1.807, 2.05) is 5.92 Å². The van der Waals surface area contributed by atoms with E-state index in [9.17, 15) is 0 Å². The van der Waals surface area contributed by atoms with Gasteiger partial charge in [0.05, 0.1) is 0 Å². The summed E-state index contributed by atoms with van der Waals surface area (Å²) in [5, 5.41) is 0. The molecule has 3 aliphatic rings. The van der Waals surface area contributed by atoms with Crippen LogP contribution in [0.5, 0.6) is 0 Å². The Morgan fingerprint density at radius 3 is 2.08 bits per heavy atom. The summed E-state index contributed by atoms with van der Waals surface area (Å²) >= 11 is 0. The predicted octanol–water partition coefficient (Wildman–Crippen LogP) is 3.96. The molecule has 3 fully saturated rings. The van der Waals surface area contributed by atoms with Gasteiger partial charge in [-0.3, -0.25) is 0 Å². The van der Waals surface area contributed by atoms with E-state index in [2.05, 4.69) is 0 Å². The van der Waals surface area contributed by atoms with Crippen molar-refractivity contribution in [3.8, 4) is 0 Å². The summed E-state index contributed by atoms with van der Waals surface area (Å²) < 4.78 is 0. The molecular weight excluding hydrogens is 156 g/mol. The highest BCUT2D eigenvalue weighted by atomic mass is 14.5. The van der Waals surface area contributed by atoms with Crippen molar-refractivity contribution in [2.24, 2.45) is 17.8 Å². The second-order valence-corrected chi connectivity index (χ2v) is 5.41. The van der Waals surface area contributed by atoms with Crippen LogP contribution in [-0.4, -0.2) is 0 Å². The molecule has 0 bridgehead atoms. The Bertz CT molecular complexity index is 152. The van der Waals surface area contributed by atoms with Crippen molar-refractivity contribution in [2.45, 2.75) is 57.8 Å². The molecule has 0 spiro atoms. The quantitative estimate of drug-likeness (QED) is 0.599. The molecule has 1 atom stereocenters. The van der Waals surface area contributed by atoms with Crippen molar-refractivity contribution in [1.82, 2.24) is 0 Å². The first-order valence-electron chi connectivity index (χ1n) is 6.31. The van der Waals surface area contributed by atoms with Crippen LogP contribution in [0.2, 0.25) is 0 Å². The number of rotatable bonds is 2. The lowest BCUT2D eigenvalue weighted by Crippen LogP contribution is -2.02. The Kier molecular flexibility index (Phi) is 2.11. The summed E-state index contributed by atoms with van der Waals surface area (Å²) in [4.78, 5) is 0. The molecule has 1 unspecified atom stereocenters. The molecule has 1 radical (unpaired) electrons. The third-order valence-electron chi connectivity index (χ3n) is 4.62. The van der Waals surface area contributed by atoms with E-state index in [-0.39, 0.29) is 0 Å². The minimum Gasteiger partial charge on any atom is -0.0530 e. The first-order chi connectivity index (χ1) is 6.45. The minimum absolute atomic E-state index is 1.09. The van der Waals surface area contributed by atoms with Crippen LogP contribution < -0.4 is 0 Å². The van der Waals surface area contributed by atoms with Gasteiger partial charge in [-0.05, 0) is 42.9 Å². The standard InChI is InChI=1S/C13H21/c1-2-6-10(5-1)12-9-13(12)11-7-3-4-8-11/h10-12H,1-9H2. The van der Waals surface area contributed by atoms with Gasteiger partial charge in [0.15, 0.2) is 0 Å². The first-order valence-corrected chi connectivity index (χ1v) is 6.31. The Labute approximate surface area is 82.1 Å². The van der Waals surface area contributed by atoms with Crippen LogP contribution in [0, 0.1) is 23.7 Å². The molecule has 0 N–H and O–H groups in total. The summed E-state index contributed by atoms with van der Waals surface area (Å²) in [7, 11) is 0. The van der Waals surface area contributed by atoms with E-state index in [0.717, 1.165) is 17.8 Å². The maximum atomic E-state index is 2.00. The second kappa shape index (κ2) is 3.29. The fraction of sp³-hybridized carbons (Fsp3) is 0.923. The zero-order valence-corrected chi connectivity index (χ0v) is 8.60. The summed E-state index contributed by atoms with van der Waals surface area (Å²) in [6, 6.07) is 0. The highest BCUT2D eigenvalue weighted by Crippen LogP contribution is 2.58. The van der Waals surface area contributed by atoms with Crippen LogP contribution in [0.25, 0.3) is 0 Å². The van der Waals surface area contributed by atoms with Crippen LogP contribution in [-0.2, 0) is 0 Å². The fourth-order valence-corrected chi connectivity index (χ4v) is 3.79. The molecule has 0 aromatic rings. The lowest BCUT2D eigenvalue weighted by Gasteiger charge is -2.11. The van der Waals surface area contributed by atoms with Crippen LogP contribution in [0.15, 0.2) is 0 Å². The molecule has 3 saturated carbocycles. The first kappa shape index (κ1) is 8.32. The van der Waals surface area contributed by atoms with Gasteiger partial charge in [-0.1, -0.05) is 38.5 Å². The van der Waals surface area contributed by atoms with Crippen molar-refractivity contribution in [3.05, 3.63) is 5.92 Å². The Balaban J connectivity index is 1.53. The van der Waals surface area contributed by atoms with Crippen LogP contribution in [0.3, 0.4) is 0 Å². The maximum absolute atomic E-state index is 2.00. The fourth-order valence-electron chi connectivity index (χ4n) is 3.79. The van der Waals surface area contributed by atoms with Gasteiger partial charge >= 0.3 is 0 Å². The average Bonchev–Trinajstić information content (AvgIpc) is 2.67. The van der Waals surface area contributed by atoms with E-state index < -0.39 is 0 Å². The highest BCUT2D eigenvalue weighted by molar-refractivity contribution is 5.20. The topological polar surface area (TPSA) is 0 Å². The number of hydrogen-bond acceptors (Lipinski definition) is 0. The average molecular weight is 177 g/mol. The third kappa shape index (κ3) is 1.53.